The Morgan fingerprint density at radius 3 is 3.00 bits per heavy atom. The Balaban J connectivity index is 2.57. The number of aromatic amines is 1. The van der Waals surface area contributed by atoms with Gasteiger partial charge in [0.1, 0.15) is 0 Å². The molecule has 0 saturated carbocycles. The molecule has 0 fully saturated rings. The Kier molecular flexibility index (Phi) is 2.02. The largest absolute Gasteiger partial charge is 0.390 e. The van der Waals surface area contributed by atoms with Crippen LogP contribution >= 0.6 is 12.2 Å². The average molecular weight is 231 g/mol. The first kappa shape index (κ1) is 9.50. The summed E-state index contributed by atoms with van der Waals surface area (Å²) in [4.78, 5) is 4.32. The van der Waals surface area contributed by atoms with Gasteiger partial charge in [0.2, 0.25) is 4.77 Å². The number of hydrogen-bond acceptors (Lipinski definition) is 3. The van der Waals surface area contributed by atoms with Crippen LogP contribution in [0.2, 0.25) is 0 Å². The molecule has 1 aromatic carbocycles. The molecule has 3 rings (SSSR count). The second kappa shape index (κ2) is 3.40. The molecule has 0 aliphatic carbocycles. The summed E-state index contributed by atoms with van der Waals surface area (Å²) < 4.78 is 2.18. The topological polar surface area (TPSA) is 53.3 Å². The van der Waals surface area contributed by atoms with E-state index in [1.54, 1.807) is 4.52 Å². The number of hydrogen-bond donors (Lipinski definition) is 2. The smallest absolute Gasteiger partial charge is 0.219 e. The van der Waals surface area contributed by atoms with Crippen LogP contribution in [0, 0.1) is 4.77 Å². The molecular weight excluding hydrogens is 222 g/mol. The molecule has 0 atom stereocenters. The van der Waals surface area contributed by atoms with E-state index in [1.807, 2.05) is 30.3 Å². The monoisotopic (exact) mass is 231 g/mol. The van der Waals surface area contributed by atoms with Crippen molar-refractivity contribution in [3.63, 3.8) is 0 Å². The van der Waals surface area contributed by atoms with E-state index in [1.165, 1.54) is 0 Å². The lowest BCUT2D eigenvalue weighted by molar-refractivity contribution is 0.276. The van der Waals surface area contributed by atoms with Crippen molar-refractivity contribution >= 4 is 28.6 Å². The summed E-state index contributed by atoms with van der Waals surface area (Å²) in [6.07, 6.45) is 0. The van der Waals surface area contributed by atoms with Crippen molar-refractivity contribution in [1.82, 2.24) is 14.6 Å². The zero-order valence-corrected chi connectivity index (χ0v) is 9.16. The minimum Gasteiger partial charge on any atom is -0.390 e. The van der Waals surface area contributed by atoms with Crippen molar-refractivity contribution < 1.29 is 5.11 Å². The van der Waals surface area contributed by atoms with Gasteiger partial charge in [0.15, 0.2) is 0 Å². The lowest BCUT2D eigenvalue weighted by Crippen LogP contribution is -1.94. The first-order chi connectivity index (χ1) is 7.79. The van der Waals surface area contributed by atoms with E-state index in [-0.39, 0.29) is 6.61 Å². The van der Waals surface area contributed by atoms with Gasteiger partial charge in [0, 0.05) is 5.39 Å². The van der Waals surface area contributed by atoms with Crippen LogP contribution in [0.5, 0.6) is 0 Å². The summed E-state index contributed by atoms with van der Waals surface area (Å²) in [6.45, 7) is -0.0369. The van der Waals surface area contributed by atoms with E-state index in [0.717, 1.165) is 22.1 Å². The molecule has 16 heavy (non-hydrogen) atoms. The summed E-state index contributed by atoms with van der Waals surface area (Å²) >= 11 is 5.18. The molecule has 2 aromatic heterocycles. The van der Waals surface area contributed by atoms with Crippen LogP contribution in [0.25, 0.3) is 16.4 Å². The van der Waals surface area contributed by atoms with Crippen molar-refractivity contribution in [2.75, 3.05) is 0 Å². The third-order valence-electron chi connectivity index (χ3n) is 2.56. The third-order valence-corrected chi connectivity index (χ3v) is 2.84. The second-order valence-electron chi connectivity index (χ2n) is 3.57. The molecule has 0 bridgehead atoms. The normalized spacial score (nSPS) is 11.3. The lowest BCUT2D eigenvalue weighted by Gasteiger charge is -1.99. The quantitative estimate of drug-likeness (QED) is 0.630. The van der Waals surface area contributed by atoms with Crippen molar-refractivity contribution in [1.29, 1.82) is 0 Å². The van der Waals surface area contributed by atoms with E-state index in [0.29, 0.717) is 4.77 Å². The van der Waals surface area contributed by atoms with Crippen LogP contribution < -0.4 is 0 Å². The van der Waals surface area contributed by atoms with Crippen LogP contribution in [0.1, 0.15) is 5.69 Å². The fraction of sp³-hybridized carbons (Fsp3) is 0.0909. The van der Waals surface area contributed by atoms with Crippen LogP contribution in [0.4, 0.5) is 0 Å². The molecule has 0 radical (unpaired) electrons. The third kappa shape index (κ3) is 1.26. The van der Waals surface area contributed by atoms with Crippen molar-refractivity contribution in [3.8, 4) is 0 Å². The maximum absolute atomic E-state index is 9.10. The summed E-state index contributed by atoms with van der Waals surface area (Å²) in [5, 5.41) is 13.1. The molecule has 3 aromatic rings. The Bertz CT molecular complexity index is 729. The predicted molar refractivity (Wildman–Crippen MR) is 63.8 cm³/mol. The average Bonchev–Trinajstić information content (AvgIpc) is 2.74. The molecule has 80 valence electrons. The first-order valence-corrected chi connectivity index (χ1v) is 5.30. The van der Waals surface area contributed by atoms with Crippen molar-refractivity contribution in [2.24, 2.45) is 0 Å². The van der Waals surface area contributed by atoms with E-state index in [2.05, 4.69) is 10.1 Å². The van der Waals surface area contributed by atoms with E-state index in [4.69, 9.17) is 17.3 Å². The van der Waals surface area contributed by atoms with Gasteiger partial charge in [-0.3, -0.25) is 5.10 Å². The van der Waals surface area contributed by atoms with E-state index < -0.39 is 0 Å². The number of aromatic nitrogens is 3. The van der Waals surface area contributed by atoms with E-state index >= 15 is 0 Å². The molecule has 2 heterocycles. The van der Waals surface area contributed by atoms with E-state index in [9.17, 15) is 0 Å². The number of aliphatic hydroxyl groups is 1. The van der Waals surface area contributed by atoms with Gasteiger partial charge in [0.25, 0.3) is 0 Å². The minimum atomic E-state index is -0.0369. The molecule has 0 saturated heterocycles. The highest BCUT2D eigenvalue weighted by Crippen LogP contribution is 2.19. The van der Waals surface area contributed by atoms with Gasteiger partial charge in [-0.1, -0.05) is 18.2 Å². The van der Waals surface area contributed by atoms with Gasteiger partial charge in [-0.15, -0.1) is 0 Å². The van der Waals surface area contributed by atoms with Crippen LogP contribution in [-0.4, -0.2) is 19.7 Å². The fourth-order valence-corrected chi connectivity index (χ4v) is 2.08. The summed E-state index contributed by atoms with van der Waals surface area (Å²) in [5.74, 6) is 0. The molecule has 0 aliphatic heterocycles. The van der Waals surface area contributed by atoms with Crippen LogP contribution in [-0.2, 0) is 6.61 Å². The second-order valence-corrected chi connectivity index (χ2v) is 3.94. The standard InChI is InChI=1S/C11H9N3OS/c15-6-7-5-10-8-3-1-2-4-9(8)12-11(16)14(10)13-7/h1-5,13,15H,6H2. The number of nitrogens with one attached hydrogen (secondary N) is 1. The summed E-state index contributed by atoms with van der Waals surface area (Å²) in [7, 11) is 0. The SMILES string of the molecule is OCc1cc2c3ccccc3nc(=S)n2[nH]1. The van der Waals surface area contributed by atoms with Gasteiger partial charge in [-0.05, 0) is 24.4 Å². The van der Waals surface area contributed by atoms with Crippen molar-refractivity contribution in [3.05, 3.63) is 40.8 Å². The zero-order valence-electron chi connectivity index (χ0n) is 8.34. The minimum absolute atomic E-state index is 0.0369. The molecule has 2 N–H and O–H groups in total. The molecule has 0 aliphatic rings. The number of para-hydroxylation sites is 1. The Labute approximate surface area is 96.2 Å². The molecule has 0 spiro atoms. The molecule has 5 heteroatoms. The first-order valence-electron chi connectivity index (χ1n) is 4.90. The Hall–Kier alpha value is -1.72. The summed E-state index contributed by atoms with van der Waals surface area (Å²) in [5.41, 5.74) is 2.54. The Morgan fingerprint density at radius 1 is 1.38 bits per heavy atom. The van der Waals surface area contributed by atoms with Gasteiger partial charge < -0.3 is 5.11 Å². The highest BCUT2D eigenvalue weighted by atomic mass is 32.1. The number of fused-ring (bicyclic) bond motifs is 3. The van der Waals surface area contributed by atoms with Crippen LogP contribution in [0.15, 0.2) is 30.3 Å². The number of benzene rings is 1. The fourth-order valence-electron chi connectivity index (χ4n) is 1.84. The highest BCUT2D eigenvalue weighted by Gasteiger charge is 2.05. The molecule has 0 unspecified atom stereocenters. The molecular formula is C11H9N3OS. The lowest BCUT2D eigenvalue weighted by atomic mass is 10.2. The van der Waals surface area contributed by atoms with Crippen LogP contribution in [0.3, 0.4) is 0 Å². The van der Waals surface area contributed by atoms with Gasteiger partial charge in [-0.25, -0.2) is 9.50 Å². The number of H-pyrrole nitrogens is 1. The number of aliphatic hydroxyl groups excluding tert-OH is 1. The Morgan fingerprint density at radius 2 is 2.19 bits per heavy atom. The maximum Gasteiger partial charge on any atom is 0.219 e. The zero-order chi connectivity index (χ0) is 11.1. The van der Waals surface area contributed by atoms with Gasteiger partial charge in [0.05, 0.1) is 23.3 Å². The summed E-state index contributed by atoms with van der Waals surface area (Å²) in [6, 6.07) is 9.69. The predicted octanol–water partition coefficient (Wildman–Crippen LogP) is 2.04. The van der Waals surface area contributed by atoms with Crippen molar-refractivity contribution in [2.45, 2.75) is 6.61 Å². The molecule has 0 amide bonds. The number of nitrogens with zero attached hydrogens (tertiary/aromatic N) is 2. The molecule has 4 nitrogen and oxygen atoms in total. The van der Waals surface area contributed by atoms with Gasteiger partial charge >= 0.3 is 0 Å². The maximum atomic E-state index is 9.10. The number of rotatable bonds is 1. The van der Waals surface area contributed by atoms with Gasteiger partial charge in [-0.2, -0.15) is 0 Å². The highest BCUT2D eigenvalue weighted by molar-refractivity contribution is 7.71.